The first-order chi connectivity index (χ1) is 9.65. The topological polar surface area (TPSA) is 58.4 Å². The van der Waals surface area contributed by atoms with Crippen LogP contribution in [0.5, 0.6) is 0 Å². The molecule has 3 heterocycles. The number of carbonyl (C=O) groups is 1. The summed E-state index contributed by atoms with van der Waals surface area (Å²) in [6, 6.07) is 0.668. The number of oxazole rings is 1. The highest BCUT2D eigenvalue weighted by atomic mass is 35.5. The SMILES string of the molecule is Cc1nc(C)c(C(=O)N2CCC(C3CCCN3)CC2)o1.Cl. The Balaban J connectivity index is 0.00000161. The Bertz CT molecular complexity index is 489. The number of amides is 1. The van der Waals surface area contributed by atoms with Gasteiger partial charge in [-0.2, -0.15) is 0 Å². The number of aryl methyl sites for hydroxylation is 2. The van der Waals surface area contributed by atoms with Gasteiger partial charge in [0.25, 0.3) is 5.91 Å². The van der Waals surface area contributed by atoms with Gasteiger partial charge in [0.05, 0.1) is 5.69 Å². The second kappa shape index (κ2) is 6.79. The smallest absolute Gasteiger partial charge is 0.291 e. The zero-order chi connectivity index (χ0) is 14.1. The maximum absolute atomic E-state index is 12.4. The fraction of sp³-hybridized carbons (Fsp3) is 0.733. The van der Waals surface area contributed by atoms with Crippen molar-refractivity contribution in [2.45, 2.75) is 45.6 Å². The van der Waals surface area contributed by atoms with E-state index >= 15 is 0 Å². The lowest BCUT2D eigenvalue weighted by Crippen LogP contribution is -2.43. The van der Waals surface area contributed by atoms with Crippen LogP contribution >= 0.6 is 12.4 Å². The van der Waals surface area contributed by atoms with Gasteiger partial charge in [0.2, 0.25) is 5.76 Å². The van der Waals surface area contributed by atoms with Crippen molar-refractivity contribution >= 4 is 18.3 Å². The average molecular weight is 314 g/mol. The zero-order valence-corrected chi connectivity index (χ0v) is 13.5. The zero-order valence-electron chi connectivity index (χ0n) is 12.7. The summed E-state index contributed by atoms with van der Waals surface area (Å²) in [7, 11) is 0. The molecule has 0 saturated carbocycles. The molecule has 2 aliphatic rings. The number of likely N-dealkylation sites (tertiary alicyclic amines) is 1. The highest BCUT2D eigenvalue weighted by Gasteiger charge is 2.31. The van der Waals surface area contributed by atoms with E-state index < -0.39 is 0 Å². The molecule has 3 rings (SSSR count). The summed E-state index contributed by atoms with van der Waals surface area (Å²) in [6.07, 6.45) is 4.77. The molecule has 1 aromatic heterocycles. The molecule has 5 nitrogen and oxygen atoms in total. The largest absolute Gasteiger partial charge is 0.436 e. The van der Waals surface area contributed by atoms with E-state index in [9.17, 15) is 4.79 Å². The van der Waals surface area contributed by atoms with Gasteiger partial charge in [-0.25, -0.2) is 4.98 Å². The van der Waals surface area contributed by atoms with Crippen LogP contribution in [0.3, 0.4) is 0 Å². The maximum Gasteiger partial charge on any atom is 0.291 e. The maximum atomic E-state index is 12.4. The molecule has 1 N–H and O–H groups in total. The standard InChI is InChI=1S/C15H23N3O2.ClH/c1-10-14(20-11(2)17-10)15(19)18-8-5-12(6-9-18)13-4-3-7-16-13;/h12-13,16H,3-9H2,1-2H3;1H. The van der Waals surface area contributed by atoms with Crippen LogP contribution in [-0.4, -0.2) is 41.5 Å². The summed E-state index contributed by atoms with van der Waals surface area (Å²) in [4.78, 5) is 18.5. The predicted octanol–water partition coefficient (Wildman–Crippen LogP) is 2.32. The highest BCUT2D eigenvalue weighted by Crippen LogP contribution is 2.26. The Kier molecular flexibility index (Phi) is 5.27. The molecule has 6 heteroatoms. The molecule has 0 bridgehead atoms. The summed E-state index contributed by atoms with van der Waals surface area (Å²) in [5, 5.41) is 3.58. The van der Waals surface area contributed by atoms with Crippen LogP contribution < -0.4 is 5.32 Å². The van der Waals surface area contributed by atoms with Crippen LogP contribution in [0.15, 0.2) is 4.42 Å². The van der Waals surface area contributed by atoms with Crippen molar-refractivity contribution in [3.63, 3.8) is 0 Å². The Labute approximate surface area is 131 Å². The first-order valence-electron chi connectivity index (χ1n) is 7.62. The molecule has 1 unspecified atom stereocenters. The fourth-order valence-electron chi connectivity index (χ4n) is 3.49. The second-order valence-corrected chi connectivity index (χ2v) is 5.98. The van der Waals surface area contributed by atoms with Gasteiger partial charge in [0.15, 0.2) is 5.89 Å². The van der Waals surface area contributed by atoms with Crippen LogP contribution in [0.4, 0.5) is 0 Å². The van der Waals surface area contributed by atoms with E-state index in [0.717, 1.165) is 38.4 Å². The van der Waals surface area contributed by atoms with Gasteiger partial charge >= 0.3 is 0 Å². The summed E-state index contributed by atoms with van der Waals surface area (Å²) < 4.78 is 5.44. The van der Waals surface area contributed by atoms with Gasteiger partial charge < -0.3 is 14.6 Å². The number of aromatic nitrogens is 1. The quantitative estimate of drug-likeness (QED) is 0.910. The van der Waals surface area contributed by atoms with Gasteiger partial charge in [-0.05, 0) is 45.1 Å². The van der Waals surface area contributed by atoms with Crippen LogP contribution in [0.2, 0.25) is 0 Å². The number of piperidine rings is 1. The van der Waals surface area contributed by atoms with Crippen molar-refractivity contribution in [3.05, 3.63) is 17.3 Å². The van der Waals surface area contributed by atoms with Crippen molar-refractivity contribution in [2.75, 3.05) is 19.6 Å². The number of halogens is 1. The van der Waals surface area contributed by atoms with E-state index in [1.807, 2.05) is 11.8 Å². The molecule has 1 amide bonds. The lowest BCUT2D eigenvalue weighted by molar-refractivity contribution is 0.0640. The Morgan fingerprint density at radius 2 is 2.00 bits per heavy atom. The highest BCUT2D eigenvalue weighted by molar-refractivity contribution is 5.92. The van der Waals surface area contributed by atoms with E-state index in [0.29, 0.717) is 23.4 Å². The third-order valence-corrected chi connectivity index (χ3v) is 4.59. The Morgan fingerprint density at radius 1 is 1.29 bits per heavy atom. The van der Waals surface area contributed by atoms with Crippen molar-refractivity contribution in [2.24, 2.45) is 5.92 Å². The second-order valence-electron chi connectivity index (χ2n) is 5.98. The number of hydrogen-bond donors (Lipinski definition) is 1. The summed E-state index contributed by atoms with van der Waals surface area (Å²) >= 11 is 0. The van der Waals surface area contributed by atoms with E-state index in [-0.39, 0.29) is 18.3 Å². The normalized spacial score (nSPS) is 23.1. The lowest BCUT2D eigenvalue weighted by Gasteiger charge is -2.34. The summed E-state index contributed by atoms with van der Waals surface area (Å²) in [5.41, 5.74) is 0.701. The lowest BCUT2D eigenvalue weighted by atomic mass is 9.88. The van der Waals surface area contributed by atoms with Crippen molar-refractivity contribution in [1.82, 2.24) is 15.2 Å². The van der Waals surface area contributed by atoms with E-state index in [2.05, 4.69) is 10.3 Å². The minimum Gasteiger partial charge on any atom is -0.436 e. The van der Waals surface area contributed by atoms with Gasteiger partial charge in [-0.15, -0.1) is 12.4 Å². The van der Waals surface area contributed by atoms with E-state index in [4.69, 9.17) is 4.42 Å². The molecule has 0 spiro atoms. The average Bonchev–Trinajstić information content (AvgIpc) is 3.08. The Hall–Kier alpha value is -1.07. The Morgan fingerprint density at radius 3 is 2.52 bits per heavy atom. The summed E-state index contributed by atoms with van der Waals surface area (Å²) in [6.45, 7) is 6.43. The van der Waals surface area contributed by atoms with E-state index in [1.54, 1.807) is 6.92 Å². The molecular formula is C15H24ClN3O2. The minimum atomic E-state index is 0. The van der Waals surface area contributed by atoms with Crippen LogP contribution in [0.25, 0.3) is 0 Å². The molecule has 21 heavy (non-hydrogen) atoms. The third-order valence-electron chi connectivity index (χ3n) is 4.59. The van der Waals surface area contributed by atoms with E-state index in [1.165, 1.54) is 12.8 Å². The van der Waals surface area contributed by atoms with Crippen molar-refractivity contribution in [1.29, 1.82) is 0 Å². The minimum absolute atomic E-state index is 0. The first-order valence-corrected chi connectivity index (χ1v) is 7.62. The molecule has 0 radical (unpaired) electrons. The molecule has 2 aliphatic heterocycles. The summed E-state index contributed by atoms with van der Waals surface area (Å²) in [5.74, 6) is 1.70. The molecular weight excluding hydrogens is 290 g/mol. The fourth-order valence-corrected chi connectivity index (χ4v) is 3.49. The van der Waals surface area contributed by atoms with Gasteiger partial charge in [0, 0.05) is 26.1 Å². The predicted molar refractivity (Wildman–Crippen MR) is 82.9 cm³/mol. The van der Waals surface area contributed by atoms with Crippen LogP contribution in [0, 0.1) is 19.8 Å². The molecule has 1 aromatic rings. The molecule has 0 aromatic carbocycles. The number of nitrogens with zero attached hydrogens (tertiary/aromatic N) is 2. The third kappa shape index (κ3) is 3.40. The van der Waals surface area contributed by atoms with Crippen molar-refractivity contribution < 1.29 is 9.21 Å². The number of rotatable bonds is 2. The van der Waals surface area contributed by atoms with Gasteiger partial charge in [0.1, 0.15) is 0 Å². The molecule has 0 aliphatic carbocycles. The van der Waals surface area contributed by atoms with Crippen LogP contribution in [0.1, 0.15) is 47.8 Å². The monoisotopic (exact) mass is 313 g/mol. The molecule has 2 fully saturated rings. The number of carbonyl (C=O) groups excluding carboxylic acids is 1. The van der Waals surface area contributed by atoms with Crippen LogP contribution in [-0.2, 0) is 0 Å². The van der Waals surface area contributed by atoms with Crippen molar-refractivity contribution in [3.8, 4) is 0 Å². The van der Waals surface area contributed by atoms with Gasteiger partial charge in [-0.1, -0.05) is 0 Å². The first kappa shape index (κ1) is 16.3. The molecule has 1 atom stereocenters. The number of nitrogens with one attached hydrogen (secondary N) is 1. The van der Waals surface area contributed by atoms with Gasteiger partial charge in [-0.3, -0.25) is 4.79 Å². The molecule has 2 saturated heterocycles. The molecule has 118 valence electrons. The number of hydrogen-bond acceptors (Lipinski definition) is 4.